The number of hydrogen-bond acceptors (Lipinski definition) is 3. The highest BCUT2D eigenvalue weighted by molar-refractivity contribution is 9.18. The Morgan fingerprint density at radius 2 is 1.67 bits per heavy atom. The fourth-order valence-electron chi connectivity index (χ4n) is 2.68. The summed E-state index contributed by atoms with van der Waals surface area (Å²) in [6.07, 6.45) is 0.909. The average Bonchev–Trinajstić information content (AvgIpc) is 2.57. The first kappa shape index (κ1) is 18.1. The van der Waals surface area contributed by atoms with Crippen LogP contribution in [0.3, 0.4) is 0 Å². The quantitative estimate of drug-likeness (QED) is 0.389. The summed E-state index contributed by atoms with van der Waals surface area (Å²) >= 11 is 3.12. The van der Waals surface area contributed by atoms with Crippen molar-refractivity contribution in [1.29, 1.82) is 10.8 Å². The van der Waals surface area contributed by atoms with Gasteiger partial charge in [-0.1, -0.05) is 43.3 Å². The Kier molecular flexibility index (Phi) is 6.09. The molecule has 0 spiro atoms. The monoisotopic (exact) mass is 389 g/mol. The van der Waals surface area contributed by atoms with Crippen molar-refractivity contribution in [1.82, 2.24) is 4.90 Å². The molecule has 0 radical (unpaired) electrons. The van der Waals surface area contributed by atoms with Crippen LogP contribution in [-0.2, 0) is 17.8 Å². The minimum atomic E-state index is -0.946. The third-order valence-corrected chi connectivity index (χ3v) is 4.38. The number of fused-ring (bicyclic) bond motifs is 1. The van der Waals surface area contributed by atoms with Crippen molar-refractivity contribution >= 4 is 43.3 Å². The van der Waals surface area contributed by atoms with E-state index in [1.54, 1.807) is 0 Å². The second kappa shape index (κ2) is 8.06. The van der Waals surface area contributed by atoms with Gasteiger partial charge in [0, 0.05) is 6.42 Å². The van der Waals surface area contributed by atoms with Crippen molar-refractivity contribution in [2.24, 2.45) is 0 Å². The van der Waals surface area contributed by atoms with Crippen LogP contribution in [0.1, 0.15) is 30.9 Å². The third-order valence-electron chi connectivity index (χ3n) is 3.95. The standard InChI is InChI=1S/C18H20BrN3O2/c1-2-12-7-8-13(15-6-4-3-5-14(12)15)11-22(18(19)21)16(20)9-10-17(23)24/h3-8,20-21H,2,9-11H2,1H3,(H,23,24). The maximum Gasteiger partial charge on any atom is 0.303 e. The number of nitrogens with one attached hydrogen (secondary N) is 2. The molecule has 0 aliphatic heterocycles. The number of rotatable bonds is 6. The minimum absolute atomic E-state index is 0.0570. The molecule has 6 heteroatoms. The molecule has 0 fully saturated rings. The van der Waals surface area contributed by atoms with Gasteiger partial charge < -0.3 is 10.0 Å². The number of carbonyl (C=O) groups is 1. The maximum atomic E-state index is 10.7. The van der Waals surface area contributed by atoms with E-state index in [2.05, 4.69) is 35.0 Å². The molecule has 2 rings (SSSR count). The van der Waals surface area contributed by atoms with E-state index in [4.69, 9.17) is 15.9 Å². The van der Waals surface area contributed by atoms with Gasteiger partial charge in [-0.25, -0.2) is 0 Å². The summed E-state index contributed by atoms with van der Waals surface area (Å²) in [5, 5.41) is 27.0. The predicted octanol–water partition coefficient (Wildman–Crippen LogP) is 4.38. The van der Waals surface area contributed by atoms with Gasteiger partial charge in [-0.15, -0.1) is 0 Å². The first-order valence-corrected chi connectivity index (χ1v) is 8.53. The molecule has 2 aromatic carbocycles. The van der Waals surface area contributed by atoms with Gasteiger partial charge in [-0.2, -0.15) is 0 Å². The van der Waals surface area contributed by atoms with Crippen LogP contribution in [0.2, 0.25) is 0 Å². The van der Waals surface area contributed by atoms with Crippen molar-refractivity contribution in [3.63, 3.8) is 0 Å². The summed E-state index contributed by atoms with van der Waals surface area (Å²) in [6.45, 7) is 2.47. The Morgan fingerprint density at radius 3 is 2.21 bits per heavy atom. The van der Waals surface area contributed by atoms with Gasteiger partial charge in [0.15, 0.2) is 4.74 Å². The van der Waals surface area contributed by atoms with E-state index in [9.17, 15) is 4.79 Å². The van der Waals surface area contributed by atoms with Gasteiger partial charge in [-0.3, -0.25) is 15.6 Å². The molecule has 0 aliphatic carbocycles. The van der Waals surface area contributed by atoms with Crippen molar-refractivity contribution < 1.29 is 9.90 Å². The van der Waals surface area contributed by atoms with Gasteiger partial charge >= 0.3 is 5.97 Å². The predicted molar refractivity (Wildman–Crippen MR) is 100 cm³/mol. The number of carboxylic acids is 1. The number of halogens is 1. The van der Waals surface area contributed by atoms with E-state index in [1.807, 2.05) is 24.3 Å². The molecule has 126 valence electrons. The molecule has 0 heterocycles. The first-order chi connectivity index (χ1) is 11.4. The molecule has 0 bridgehead atoms. The van der Waals surface area contributed by atoms with E-state index in [-0.39, 0.29) is 23.4 Å². The molecule has 5 nitrogen and oxygen atoms in total. The van der Waals surface area contributed by atoms with Crippen molar-refractivity contribution in [2.45, 2.75) is 32.7 Å². The Bertz CT molecular complexity index is 789. The zero-order valence-electron chi connectivity index (χ0n) is 13.5. The van der Waals surface area contributed by atoms with E-state index < -0.39 is 5.97 Å². The van der Waals surface area contributed by atoms with Crippen LogP contribution in [0.4, 0.5) is 0 Å². The lowest BCUT2D eigenvalue weighted by Gasteiger charge is -2.23. The Balaban J connectivity index is 2.33. The van der Waals surface area contributed by atoms with Crippen LogP contribution >= 0.6 is 15.9 Å². The topological polar surface area (TPSA) is 88.2 Å². The fourth-order valence-corrected chi connectivity index (χ4v) is 3.02. The smallest absolute Gasteiger partial charge is 0.303 e. The summed E-state index contributed by atoms with van der Waals surface area (Å²) in [6, 6.07) is 12.2. The molecule has 2 aromatic rings. The number of aryl methyl sites for hydroxylation is 1. The maximum absolute atomic E-state index is 10.7. The lowest BCUT2D eigenvalue weighted by atomic mass is 9.98. The summed E-state index contributed by atoms with van der Waals surface area (Å²) in [4.78, 5) is 12.2. The van der Waals surface area contributed by atoms with Gasteiger partial charge in [0.25, 0.3) is 0 Å². The number of carboxylic acid groups (broad SMARTS) is 1. The molecular weight excluding hydrogens is 370 g/mol. The van der Waals surface area contributed by atoms with Crippen LogP contribution in [0.25, 0.3) is 10.8 Å². The van der Waals surface area contributed by atoms with Crippen LogP contribution < -0.4 is 0 Å². The van der Waals surface area contributed by atoms with Crippen LogP contribution in [-0.4, -0.2) is 26.6 Å². The summed E-state index contributed by atoms with van der Waals surface area (Å²) in [5.41, 5.74) is 2.27. The highest BCUT2D eigenvalue weighted by Gasteiger charge is 2.16. The molecule has 0 atom stereocenters. The second-order valence-corrected chi connectivity index (χ2v) is 6.25. The fraction of sp³-hybridized carbons (Fsp3) is 0.278. The van der Waals surface area contributed by atoms with Crippen molar-refractivity contribution in [2.75, 3.05) is 0 Å². The van der Waals surface area contributed by atoms with Gasteiger partial charge in [-0.05, 0) is 44.3 Å². The lowest BCUT2D eigenvalue weighted by Crippen LogP contribution is -2.32. The third kappa shape index (κ3) is 4.20. The molecule has 0 saturated heterocycles. The number of amidine groups is 2. The highest BCUT2D eigenvalue weighted by Crippen LogP contribution is 2.25. The SMILES string of the molecule is CCc1ccc(CN(C(=N)Br)C(=N)CCC(=O)O)c2ccccc12. The van der Waals surface area contributed by atoms with E-state index >= 15 is 0 Å². The summed E-state index contributed by atoms with van der Waals surface area (Å²) < 4.78 is 0.0570. The van der Waals surface area contributed by atoms with Crippen molar-refractivity contribution in [3.05, 3.63) is 47.5 Å². The Hall–Kier alpha value is -2.21. The van der Waals surface area contributed by atoms with E-state index in [0.29, 0.717) is 6.54 Å². The number of benzene rings is 2. The van der Waals surface area contributed by atoms with Gasteiger partial charge in [0.05, 0.1) is 13.0 Å². The molecule has 0 aliphatic rings. The molecule has 3 N–H and O–H groups in total. The zero-order valence-corrected chi connectivity index (χ0v) is 15.1. The van der Waals surface area contributed by atoms with Crippen LogP contribution in [0.5, 0.6) is 0 Å². The Labute approximate surface area is 149 Å². The van der Waals surface area contributed by atoms with Crippen LogP contribution in [0.15, 0.2) is 36.4 Å². The zero-order chi connectivity index (χ0) is 17.7. The summed E-state index contributed by atoms with van der Waals surface area (Å²) in [7, 11) is 0. The van der Waals surface area contributed by atoms with E-state index in [1.165, 1.54) is 15.8 Å². The van der Waals surface area contributed by atoms with Crippen molar-refractivity contribution in [3.8, 4) is 0 Å². The minimum Gasteiger partial charge on any atom is -0.481 e. The van der Waals surface area contributed by atoms with Gasteiger partial charge in [0.1, 0.15) is 5.84 Å². The number of hydrogen-bond donors (Lipinski definition) is 3. The van der Waals surface area contributed by atoms with E-state index in [0.717, 1.165) is 17.4 Å². The highest BCUT2D eigenvalue weighted by atomic mass is 79.9. The normalized spacial score (nSPS) is 10.6. The molecular formula is C18H20BrN3O2. The summed E-state index contributed by atoms with van der Waals surface area (Å²) in [5.74, 6) is -0.832. The Morgan fingerprint density at radius 1 is 1.08 bits per heavy atom. The van der Waals surface area contributed by atoms with Crippen LogP contribution in [0, 0.1) is 10.8 Å². The number of nitrogens with zero attached hydrogens (tertiary/aromatic N) is 1. The molecule has 0 saturated carbocycles. The van der Waals surface area contributed by atoms with Gasteiger partial charge in [0.2, 0.25) is 0 Å². The molecule has 0 amide bonds. The molecule has 0 aromatic heterocycles. The average molecular weight is 390 g/mol. The largest absolute Gasteiger partial charge is 0.481 e. The first-order valence-electron chi connectivity index (χ1n) is 7.74. The molecule has 24 heavy (non-hydrogen) atoms. The number of aliphatic carboxylic acids is 1. The molecule has 0 unspecified atom stereocenters. The second-order valence-electron chi connectivity index (χ2n) is 5.50. The lowest BCUT2D eigenvalue weighted by molar-refractivity contribution is -0.136.